The maximum atomic E-state index is 13.3. The van der Waals surface area contributed by atoms with Crippen molar-refractivity contribution < 1.29 is 0 Å². The standard InChI is InChI=1S/C24H19ClN4O2/c25-19-10-6-9-18(15-19)16-28-24(31)29-21-12-5-4-11-20(21)22(30)27(23(29)26-28)14-13-17-7-2-1-3-8-17/h1-12,15H,13-14,16H2. The van der Waals surface area contributed by atoms with Crippen LogP contribution in [0.3, 0.4) is 0 Å². The summed E-state index contributed by atoms with van der Waals surface area (Å²) < 4.78 is 4.49. The molecule has 0 spiro atoms. The second kappa shape index (κ2) is 7.89. The van der Waals surface area contributed by atoms with Crippen LogP contribution in [-0.4, -0.2) is 18.7 Å². The first-order valence-electron chi connectivity index (χ1n) is 10.0. The molecule has 0 bridgehead atoms. The minimum Gasteiger partial charge on any atom is -0.276 e. The van der Waals surface area contributed by atoms with E-state index in [4.69, 9.17) is 11.6 Å². The molecule has 0 aliphatic carbocycles. The lowest BCUT2D eigenvalue weighted by Gasteiger charge is -2.09. The summed E-state index contributed by atoms with van der Waals surface area (Å²) in [6.07, 6.45) is 0.657. The molecule has 7 heteroatoms. The highest BCUT2D eigenvalue weighted by Crippen LogP contribution is 2.14. The lowest BCUT2D eigenvalue weighted by atomic mass is 10.1. The minimum absolute atomic E-state index is 0.154. The first kappa shape index (κ1) is 19.3. The van der Waals surface area contributed by atoms with Crippen LogP contribution < -0.4 is 11.2 Å². The number of nitrogens with zero attached hydrogens (tertiary/aromatic N) is 4. The van der Waals surface area contributed by atoms with E-state index in [-0.39, 0.29) is 17.8 Å². The van der Waals surface area contributed by atoms with Crippen LogP contribution in [-0.2, 0) is 19.5 Å². The van der Waals surface area contributed by atoms with Crippen molar-refractivity contribution in [2.75, 3.05) is 0 Å². The minimum atomic E-state index is -0.292. The molecule has 0 aliphatic rings. The van der Waals surface area contributed by atoms with Crippen LogP contribution >= 0.6 is 11.6 Å². The fraction of sp³-hybridized carbons (Fsp3) is 0.125. The normalized spacial score (nSPS) is 11.4. The third-order valence-electron chi connectivity index (χ3n) is 5.37. The van der Waals surface area contributed by atoms with E-state index in [9.17, 15) is 9.59 Å². The Bertz CT molecular complexity index is 1520. The SMILES string of the molecule is O=c1c2ccccc2n2c(=O)n(Cc3cccc(Cl)c3)nc2n1CCc1ccccc1. The summed E-state index contributed by atoms with van der Waals surface area (Å²) in [5, 5.41) is 5.64. The van der Waals surface area contributed by atoms with Crippen LogP contribution in [0.25, 0.3) is 16.7 Å². The third-order valence-corrected chi connectivity index (χ3v) is 5.61. The van der Waals surface area contributed by atoms with Crippen LogP contribution in [0.2, 0.25) is 5.02 Å². The fourth-order valence-corrected chi connectivity index (χ4v) is 4.08. The highest BCUT2D eigenvalue weighted by molar-refractivity contribution is 6.30. The topological polar surface area (TPSA) is 61.3 Å². The lowest BCUT2D eigenvalue weighted by molar-refractivity contribution is 0.645. The molecule has 2 heterocycles. The summed E-state index contributed by atoms with van der Waals surface area (Å²) in [6.45, 7) is 0.688. The smallest absolute Gasteiger partial charge is 0.276 e. The van der Waals surface area contributed by atoms with E-state index < -0.39 is 0 Å². The molecule has 3 aromatic carbocycles. The number of fused-ring (bicyclic) bond motifs is 3. The van der Waals surface area contributed by atoms with Gasteiger partial charge in [0.1, 0.15) is 0 Å². The van der Waals surface area contributed by atoms with Crippen molar-refractivity contribution in [2.24, 2.45) is 0 Å². The Labute approximate surface area is 182 Å². The quantitative estimate of drug-likeness (QED) is 0.426. The maximum Gasteiger partial charge on any atom is 0.352 e. The van der Waals surface area contributed by atoms with Gasteiger partial charge in [-0.2, -0.15) is 0 Å². The molecule has 0 unspecified atom stereocenters. The predicted molar refractivity (Wildman–Crippen MR) is 122 cm³/mol. The summed E-state index contributed by atoms with van der Waals surface area (Å²) in [7, 11) is 0. The molecular formula is C24H19ClN4O2. The zero-order chi connectivity index (χ0) is 21.4. The maximum absolute atomic E-state index is 13.3. The van der Waals surface area contributed by atoms with Gasteiger partial charge in [0.2, 0.25) is 5.78 Å². The summed E-state index contributed by atoms with van der Waals surface area (Å²) >= 11 is 6.09. The molecule has 0 radical (unpaired) electrons. The van der Waals surface area contributed by atoms with Crippen molar-refractivity contribution in [2.45, 2.75) is 19.5 Å². The molecule has 0 amide bonds. The number of aryl methyl sites for hydroxylation is 2. The summed E-state index contributed by atoms with van der Waals surface area (Å²) in [6, 6.07) is 24.4. The van der Waals surface area contributed by atoms with Gasteiger partial charge in [-0.25, -0.2) is 13.9 Å². The highest BCUT2D eigenvalue weighted by Gasteiger charge is 2.17. The summed E-state index contributed by atoms with van der Waals surface area (Å²) in [4.78, 5) is 26.6. The van der Waals surface area contributed by atoms with E-state index >= 15 is 0 Å². The number of aromatic nitrogens is 4. The number of hydrogen-bond donors (Lipinski definition) is 0. The van der Waals surface area contributed by atoms with Crippen LogP contribution in [0.4, 0.5) is 0 Å². The van der Waals surface area contributed by atoms with Gasteiger partial charge in [-0.05, 0) is 41.8 Å². The molecule has 0 saturated carbocycles. The van der Waals surface area contributed by atoms with E-state index in [1.165, 1.54) is 9.08 Å². The molecule has 154 valence electrons. The first-order chi connectivity index (χ1) is 15.1. The van der Waals surface area contributed by atoms with Gasteiger partial charge < -0.3 is 0 Å². The van der Waals surface area contributed by atoms with Gasteiger partial charge in [0.15, 0.2) is 0 Å². The average molecular weight is 431 g/mol. The molecule has 6 nitrogen and oxygen atoms in total. The van der Waals surface area contributed by atoms with E-state index in [0.29, 0.717) is 34.7 Å². The van der Waals surface area contributed by atoms with Crippen LogP contribution in [0.1, 0.15) is 11.1 Å². The summed E-state index contributed by atoms with van der Waals surface area (Å²) in [5.74, 6) is 0.339. The van der Waals surface area contributed by atoms with Crippen molar-refractivity contribution in [3.63, 3.8) is 0 Å². The predicted octanol–water partition coefficient (Wildman–Crippen LogP) is 3.76. The zero-order valence-corrected chi connectivity index (χ0v) is 17.4. The van der Waals surface area contributed by atoms with Gasteiger partial charge in [-0.15, -0.1) is 5.10 Å². The molecule has 0 saturated heterocycles. The van der Waals surface area contributed by atoms with Crippen LogP contribution in [0.5, 0.6) is 0 Å². The van der Waals surface area contributed by atoms with Crippen LogP contribution in [0, 0.1) is 0 Å². The Hall–Kier alpha value is -3.64. The molecule has 5 aromatic rings. The van der Waals surface area contributed by atoms with E-state index in [1.807, 2.05) is 48.5 Å². The van der Waals surface area contributed by atoms with Crippen molar-refractivity contribution in [1.82, 2.24) is 18.7 Å². The van der Waals surface area contributed by atoms with Crippen molar-refractivity contribution >= 4 is 28.3 Å². The zero-order valence-electron chi connectivity index (χ0n) is 16.6. The van der Waals surface area contributed by atoms with Gasteiger partial charge in [-0.3, -0.25) is 9.36 Å². The molecule has 5 rings (SSSR count). The molecule has 31 heavy (non-hydrogen) atoms. The number of rotatable bonds is 5. The number of hydrogen-bond acceptors (Lipinski definition) is 3. The second-order valence-electron chi connectivity index (χ2n) is 7.42. The Balaban J connectivity index is 1.68. The van der Waals surface area contributed by atoms with Gasteiger partial charge in [-0.1, -0.05) is 66.2 Å². The van der Waals surface area contributed by atoms with E-state index in [2.05, 4.69) is 5.10 Å². The molecular weight excluding hydrogens is 412 g/mol. The Morgan fingerprint density at radius 3 is 2.39 bits per heavy atom. The van der Waals surface area contributed by atoms with E-state index in [1.54, 1.807) is 34.9 Å². The van der Waals surface area contributed by atoms with Gasteiger partial charge in [0.05, 0.1) is 17.4 Å². The number of benzene rings is 3. The van der Waals surface area contributed by atoms with Crippen molar-refractivity contribution in [3.8, 4) is 0 Å². The van der Waals surface area contributed by atoms with Crippen LogP contribution in [0.15, 0.2) is 88.5 Å². The first-order valence-corrected chi connectivity index (χ1v) is 10.4. The van der Waals surface area contributed by atoms with Gasteiger partial charge in [0, 0.05) is 11.6 Å². The molecule has 0 fully saturated rings. The Morgan fingerprint density at radius 2 is 1.58 bits per heavy atom. The number of halogens is 1. The largest absolute Gasteiger partial charge is 0.352 e. The molecule has 0 N–H and O–H groups in total. The molecule has 0 atom stereocenters. The Morgan fingerprint density at radius 1 is 0.839 bits per heavy atom. The van der Waals surface area contributed by atoms with Crippen molar-refractivity contribution in [1.29, 1.82) is 0 Å². The molecule has 2 aromatic heterocycles. The number of para-hydroxylation sites is 1. The second-order valence-corrected chi connectivity index (χ2v) is 7.85. The van der Waals surface area contributed by atoms with E-state index in [0.717, 1.165) is 11.1 Å². The summed E-state index contributed by atoms with van der Waals surface area (Å²) in [5.41, 5.74) is 2.08. The average Bonchev–Trinajstić information content (AvgIpc) is 3.10. The fourth-order valence-electron chi connectivity index (χ4n) is 3.87. The highest BCUT2D eigenvalue weighted by atomic mass is 35.5. The third kappa shape index (κ3) is 3.55. The monoisotopic (exact) mass is 430 g/mol. The lowest BCUT2D eigenvalue weighted by Crippen LogP contribution is -2.27. The molecule has 0 aliphatic heterocycles. The van der Waals surface area contributed by atoms with Gasteiger partial charge >= 0.3 is 5.69 Å². The van der Waals surface area contributed by atoms with Crippen molar-refractivity contribution in [3.05, 3.63) is 116 Å². The van der Waals surface area contributed by atoms with Gasteiger partial charge in [0.25, 0.3) is 5.56 Å². The Kier molecular flexibility index (Phi) is 4.92.